The second kappa shape index (κ2) is 5.97. The van der Waals surface area contributed by atoms with E-state index in [0.717, 1.165) is 17.6 Å². The van der Waals surface area contributed by atoms with Crippen LogP contribution in [0.15, 0.2) is 0 Å². The summed E-state index contributed by atoms with van der Waals surface area (Å²) in [6.07, 6.45) is 8.53. The van der Waals surface area contributed by atoms with Gasteiger partial charge in [-0.2, -0.15) is 12.6 Å². The lowest BCUT2D eigenvalue weighted by molar-refractivity contribution is 0.0728. The number of likely N-dealkylation sites (tertiary alicyclic amines) is 1. The molecule has 2 unspecified atom stereocenters. The highest BCUT2D eigenvalue weighted by atomic mass is 32.1. The molecule has 0 aromatic heterocycles. The fraction of sp³-hybridized carbons (Fsp3) is 1.00. The lowest BCUT2D eigenvalue weighted by Crippen LogP contribution is -2.46. The molecule has 2 heteroatoms. The first-order chi connectivity index (χ1) is 8.15. The average molecular weight is 255 g/mol. The zero-order valence-electron chi connectivity index (χ0n) is 11.6. The molecule has 100 valence electrons. The molecule has 2 atom stereocenters. The number of piperidine rings is 1. The number of thiol groups is 1. The van der Waals surface area contributed by atoms with Gasteiger partial charge in [-0.25, -0.2) is 0 Å². The predicted molar refractivity (Wildman–Crippen MR) is 78.8 cm³/mol. The summed E-state index contributed by atoms with van der Waals surface area (Å²) in [4.78, 5) is 2.73. The monoisotopic (exact) mass is 255 g/mol. The van der Waals surface area contributed by atoms with Crippen molar-refractivity contribution in [3.63, 3.8) is 0 Å². The standard InChI is InChI=1S/C15H29NS/c1-13-6-9-16(10-14(13)2)11-15(12-17)7-4-3-5-8-15/h13-14,17H,3-12H2,1-2H3. The van der Waals surface area contributed by atoms with Gasteiger partial charge in [-0.05, 0) is 48.8 Å². The van der Waals surface area contributed by atoms with Gasteiger partial charge in [-0.3, -0.25) is 0 Å². The molecule has 0 N–H and O–H groups in total. The van der Waals surface area contributed by atoms with Crippen LogP contribution in [0.1, 0.15) is 52.4 Å². The number of hydrogen-bond acceptors (Lipinski definition) is 2. The lowest BCUT2D eigenvalue weighted by Gasteiger charge is -2.44. The molecule has 0 bridgehead atoms. The Balaban J connectivity index is 1.90. The molecule has 0 amide bonds. The summed E-state index contributed by atoms with van der Waals surface area (Å²) in [7, 11) is 0. The van der Waals surface area contributed by atoms with Crippen molar-refractivity contribution in [3.05, 3.63) is 0 Å². The first-order valence-corrected chi connectivity index (χ1v) is 8.12. The Morgan fingerprint density at radius 2 is 1.82 bits per heavy atom. The second-order valence-corrected chi connectivity index (χ2v) is 7.01. The van der Waals surface area contributed by atoms with E-state index in [2.05, 4.69) is 31.4 Å². The van der Waals surface area contributed by atoms with Crippen LogP contribution in [0.5, 0.6) is 0 Å². The molecule has 1 aliphatic carbocycles. The molecule has 0 aromatic rings. The summed E-state index contributed by atoms with van der Waals surface area (Å²) in [6.45, 7) is 8.79. The van der Waals surface area contributed by atoms with Gasteiger partial charge in [0.05, 0.1) is 0 Å². The maximum absolute atomic E-state index is 4.66. The van der Waals surface area contributed by atoms with E-state index in [1.54, 1.807) is 0 Å². The van der Waals surface area contributed by atoms with Crippen molar-refractivity contribution in [1.82, 2.24) is 4.90 Å². The molecule has 1 aliphatic heterocycles. The molecule has 1 heterocycles. The van der Waals surface area contributed by atoms with Gasteiger partial charge in [-0.1, -0.05) is 33.1 Å². The van der Waals surface area contributed by atoms with Crippen LogP contribution in [0.2, 0.25) is 0 Å². The molecule has 17 heavy (non-hydrogen) atoms. The Kier molecular flexibility index (Phi) is 4.82. The van der Waals surface area contributed by atoms with Crippen molar-refractivity contribution in [2.45, 2.75) is 52.4 Å². The lowest BCUT2D eigenvalue weighted by atomic mass is 9.74. The zero-order chi connectivity index (χ0) is 12.3. The fourth-order valence-corrected chi connectivity index (χ4v) is 4.05. The largest absolute Gasteiger partial charge is 0.302 e. The molecular weight excluding hydrogens is 226 g/mol. The average Bonchev–Trinajstić information content (AvgIpc) is 2.35. The Bertz CT molecular complexity index is 235. The minimum Gasteiger partial charge on any atom is -0.302 e. The summed E-state index contributed by atoms with van der Waals surface area (Å²) in [5.74, 6) is 2.89. The van der Waals surface area contributed by atoms with Crippen LogP contribution < -0.4 is 0 Å². The van der Waals surface area contributed by atoms with E-state index in [0.29, 0.717) is 5.41 Å². The van der Waals surface area contributed by atoms with E-state index in [-0.39, 0.29) is 0 Å². The molecule has 0 aromatic carbocycles. The third kappa shape index (κ3) is 3.41. The van der Waals surface area contributed by atoms with Gasteiger partial charge in [0.25, 0.3) is 0 Å². The highest BCUT2D eigenvalue weighted by Crippen LogP contribution is 2.39. The highest BCUT2D eigenvalue weighted by Gasteiger charge is 2.34. The van der Waals surface area contributed by atoms with E-state index in [4.69, 9.17) is 0 Å². The van der Waals surface area contributed by atoms with Crippen molar-refractivity contribution in [1.29, 1.82) is 0 Å². The van der Waals surface area contributed by atoms with Crippen LogP contribution in [0.4, 0.5) is 0 Å². The van der Waals surface area contributed by atoms with Gasteiger partial charge in [-0.15, -0.1) is 0 Å². The molecule has 2 fully saturated rings. The molecule has 0 radical (unpaired) electrons. The van der Waals surface area contributed by atoms with Gasteiger partial charge < -0.3 is 4.90 Å². The van der Waals surface area contributed by atoms with Crippen molar-refractivity contribution in [3.8, 4) is 0 Å². The maximum atomic E-state index is 4.66. The molecule has 1 saturated heterocycles. The molecule has 2 rings (SSSR count). The summed E-state index contributed by atoms with van der Waals surface area (Å²) in [5, 5.41) is 0. The van der Waals surface area contributed by atoms with E-state index in [1.165, 1.54) is 58.2 Å². The third-order valence-corrected chi connectivity index (χ3v) is 5.90. The first kappa shape index (κ1) is 13.7. The predicted octanol–water partition coefficient (Wildman–Crippen LogP) is 3.84. The van der Waals surface area contributed by atoms with Crippen molar-refractivity contribution in [2.24, 2.45) is 17.3 Å². The Morgan fingerprint density at radius 1 is 1.12 bits per heavy atom. The first-order valence-electron chi connectivity index (χ1n) is 7.48. The Hall–Kier alpha value is 0.310. The van der Waals surface area contributed by atoms with Gasteiger partial charge >= 0.3 is 0 Å². The minimum atomic E-state index is 0.543. The van der Waals surface area contributed by atoms with Crippen LogP contribution in [-0.4, -0.2) is 30.3 Å². The van der Waals surface area contributed by atoms with Crippen molar-refractivity contribution < 1.29 is 0 Å². The van der Waals surface area contributed by atoms with Gasteiger partial charge in [0.1, 0.15) is 0 Å². The number of hydrogen-bond donors (Lipinski definition) is 1. The second-order valence-electron chi connectivity index (χ2n) is 6.70. The van der Waals surface area contributed by atoms with Gasteiger partial charge in [0.15, 0.2) is 0 Å². The Morgan fingerprint density at radius 3 is 2.41 bits per heavy atom. The summed E-state index contributed by atoms with van der Waals surface area (Å²) >= 11 is 4.66. The summed E-state index contributed by atoms with van der Waals surface area (Å²) in [6, 6.07) is 0. The zero-order valence-corrected chi connectivity index (χ0v) is 12.5. The molecular formula is C15H29NS. The topological polar surface area (TPSA) is 3.24 Å². The molecule has 2 aliphatic rings. The molecule has 1 saturated carbocycles. The van der Waals surface area contributed by atoms with E-state index in [9.17, 15) is 0 Å². The molecule has 1 nitrogen and oxygen atoms in total. The minimum absolute atomic E-state index is 0.543. The smallest absolute Gasteiger partial charge is 0.00459 e. The summed E-state index contributed by atoms with van der Waals surface area (Å²) in [5.41, 5.74) is 0.543. The Labute approximate surface area is 113 Å². The van der Waals surface area contributed by atoms with Crippen LogP contribution in [0.3, 0.4) is 0 Å². The number of nitrogens with zero attached hydrogens (tertiary/aromatic N) is 1. The van der Waals surface area contributed by atoms with Gasteiger partial charge in [0.2, 0.25) is 0 Å². The van der Waals surface area contributed by atoms with Crippen LogP contribution in [0, 0.1) is 17.3 Å². The summed E-state index contributed by atoms with van der Waals surface area (Å²) < 4.78 is 0. The van der Waals surface area contributed by atoms with Crippen molar-refractivity contribution in [2.75, 3.05) is 25.4 Å². The van der Waals surface area contributed by atoms with Crippen LogP contribution >= 0.6 is 12.6 Å². The SMILES string of the molecule is CC1CCN(CC2(CS)CCCCC2)CC1C. The fourth-order valence-electron chi connectivity index (χ4n) is 3.64. The van der Waals surface area contributed by atoms with E-state index >= 15 is 0 Å². The van der Waals surface area contributed by atoms with E-state index in [1.807, 2.05) is 0 Å². The quantitative estimate of drug-likeness (QED) is 0.750. The molecule has 0 spiro atoms. The van der Waals surface area contributed by atoms with Gasteiger partial charge in [0, 0.05) is 13.1 Å². The van der Waals surface area contributed by atoms with Crippen LogP contribution in [0.25, 0.3) is 0 Å². The normalized spacial score (nSPS) is 34.8. The van der Waals surface area contributed by atoms with E-state index < -0.39 is 0 Å². The highest BCUT2D eigenvalue weighted by molar-refractivity contribution is 7.80. The third-order valence-electron chi connectivity index (χ3n) is 5.23. The number of rotatable bonds is 3. The maximum Gasteiger partial charge on any atom is 0.00459 e. The van der Waals surface area contributed by atoms with Crippen molar-refractivity contribution >= 4 is 12.6 Å². The van der Waals surface area contributed by atoms with Crippen LogP contribution in [-0.2, 0) is 0 Å².